The quantitative estimate of drug-likeness (QED) is 0.0376. The lowest BCUT2D eigenvalue weighted by molar-refractivity contribution is 0.587. The molecule has 0 unspecified atom stereocenters. The molecule has 0 atom stereocenters. The Hall–Kier alpha value is -4.60. The summed E-state index contributed by atoms with van der Waals surface area (Å²) < 4.78 is 0. The Morgan fingerprint density at radius 3 is 0.703 bits per heavy atom. The second-order valence-electron chi connectivity index (χ2n) is 18.1. The van der Waals surface area contributed by atoms with Crippen molar-refractivity contribution in [1.29, 1.82) is 0 Å². The normalized spacial score (nSPS) is 11.8. The van der Waals surface area contributed by atoms with Gasteiger partial charge in [0, 0.05) is 0 Å². The summed E-state index contributed by atoms with van der Waals surface area (Å²) in [4.78, 5) is 0. The van der Waals surface area contributed by atoms with E-state index in [0.29, 0.717) is 0 Å². The number of benzene rings is 7. The molecule has 0 aliphatic carbocycles. The van der Waals surface area contributed by atoms with Crippen molar-refractivity contribution in [3.63, 3.8) is 0 Å². The molecule has 0 radical (unpaired) electrons. The van der Waals surface area contributed by atoms with Crippen molar-refractivity contribution in [2.75, 3.05) is 0 Å². The summed E-state index contributed by atoms with van der Waals surface area (Å²) in [6.07, 6.45) is 22.8. The van der Waals surface area contributed by atoms with Crippen LogP contribution in [0.2, 0.25) is 0 Å². The first kappa shape index (κ1) is 47.4. The van der Waals surface area contributed by atoms with E-state index in [1.54, 1.807) is 22.3 Å². The molecule has 0 fully saturated rings. The van der Waals surface area contributed by atoms with Crippen LogP contribution in [0.1, 0.15) is 126 Å². The van der Waals surface area contributed by atoms with Crippen LogP contribution in [0, 0.1) is 0 Å². The summed E-state index contributed by atoms with van der Waals surface area (Å²) in [6, 6.07) is 75.0. The molecule has 2 heteroatoms. The average molecular weight is 881 g/mol. The van der Waals surface area contributed by atoms with Gasteiger partial charge in [0.05, 0.1) is 12.3 Å². The lowest BCUT2D eigenvalue weighted by Crippen LogP contribution is -2.33. The molecule has 0 aromatic heterocycles. The fourth-order valence-electron chi connectivity index (χ4n) is 10.1. The maximum absolute atomic E-state index is 2.77. The van der Waals surface area contributed by atoms with Gasteiger partial charge in [-0.2, -0.15) is 0 Å². The second-order valence-corrected chi connectivity index (χ2v) is 25.1. The largest absolute Gasteiger partial charge is 0.116 e. The molecule has 0 nitrogen and oxygen atoms in total. The number of rotatable bonds is 26. The molecule has 0 saturated carbocycles. The first-order chi connectivity index (χ1) is 31.7. The van der Waals surface area contributed by atoms with Gasteiger partial charge in [-0.3, -0.25) is 0 Å². The number of hydrogen-bond donors (Lipinski definition) is 0. The van der Waals surface area contributed by atoms with Gasteiger partial charge in [-0.1, -0.05) is 212 Å². The predicted molar refractivity (Wildman–Crippen MR) is 288 cm³/mol. The third-order valence-corrected chi connectivity index (χ3v) is 22.3. The molecule has 64 heavy (non-hydrogen) atoms. The van der Waals surface area contributed by atoms with Crippen LogP contribution in [0.15, 0.2) is 194 Å². The van der Waals surface area contributed by atoms with Crippen LogP contribution in [-0.4, -0.2) is 0 Å². The van der Waals surface area contributed by atoms with E-state index < -0.39 is 14.5 Å². The van der Waals surface area contributed by atoms with Crippen molar-refractivity contribution >= 4 is 46.4 Å². The standard InChI is InChI=1S/C62H74P2/c1-3-5-7-9-11-13-21-35-53-49-56(52-64(60-43-29-18-30-44-60,61-45-31-19-32-46-61)62-47-33-20-34-48-62)54(36-22-14-12-10-8-6-4-2)50-55(53)51-63(57-37-23-15-24-38-57,58-39-25-16-26-40-58)59-41-27-17-28-42-59/h15-20,23-34,37-50H,3-14,21-22,35-36,51-52H2,1-2H3/q+2. The van der Waals surface area contributed by atoms with Crippen LogP contribution in [0.5, 0.6) is 0 Å². The van der Waals surface area contributed by atoms with E-state index in [-0.39, 0.29) is 0 Å². The van der Waals surface area contributed by atoms with Crippen molar-refractivity contribution in [1.82, 2.24) is 0 Å². The van der Waals surface area contributed by atoms with E-state index in [1.807, 2.05) is 0 Å². The molecule has 330 valence electrons. The van der Waals surface area contributed by atoms with Crippen LogP contribution in [0.25, 0.3) is 0 Å². The van der Waals surface area contributed by atoms with Gasteiger partial charge in [0.25, 0.3) is 0 Å². The number of unbranched alkanes of at least 4 members (excludes halogenated alkanes) is 12. The third kappa shape index (κ3) is 12.0. The molecular formula is C62H74P2+2. The Balaban J connectivity index is 1.42. The van der Waals surface area contributed by atoms with Gasteiger partial charge in [-0.05, 0) is 121 Å². The Kier molecular flexibility index (Phi) is 18.6. The highest BCUT2D eigenvalue weighted by atomic mass is 31.2. The molecule has 0 N–H and O–H groups in total. The summed E-state index contributed by atoms with van der Waals surface area (Å²) >= 11 is 0. The second kappa shape index (κ2) is 25.2. The molecule has 0 aliphatic heterocycles. The summed E-state index contributed by atoms with van der Waals surface area (Å²) in [5.41, 5.74) is 6.29. The Morgan fingerprint density at radius 2 is 0.469 bits per heavy atom. The fraction of sp³-hybridized carbons (Fsp3) is 0.323. The van der Waals surface area contributed by atoms with E-state index in [0.717, 1.165) is 25.2 Å². The zero-order valence-electron chi connectivity index (χ0n) is 39.1. The molecule has 0 amide bonds. The average Bonchev–Trinajstić information content (AvgIpc) is 3.36. The van der Waals surface area contributed by atoms with Crippen molar-refractivity contribution in [2.45, 2.75) is 129 Å². The van der Waals surface area contributed by atoms with Gasteiger partial charge in [0.1, 0.15) is 46.4 Å². The predicted octanol–water partition coefficient (Wildman–Crippen LogP) is 15.3. The van der Waals surface area contributed by atoms with Gasteiger partial charge < -0.3 is 0 Å². The number of hydrogen-bond acceptors (Lipinski definition) is 0. The highest BCUT2D eigenvalue weighted by Crippen LogP contribution is 2.61. The highest BCUT2D eigenvalue weighted by Gasteiger charge is 2.48. The van der Waals surface area contributed by atoms with E-state index >= 15 is 0 Å². The van der Waals surface area contributed by atoms with E-state index in [2.05, 4.69) is 208 Å². The molecule has 7 rings (SSSR count). The van der Waals surface area contributed by atoms with Crippen molar-refractivity contribution in [2.24, 2.45) is 0 Å². The molecule has 0 saturated heterocycles. The molecule has 0 spiro atoms. The number of aryl methyl sites for hydroxylation is 2. The SMILES string of the molecule is CCCCCCCCCc1cc(C[P+](c2ccccc2)(c2ccccc2)c2ccccc2)c(CCCCCCCCC)cc1C[P+](c1ccccc1)(c1ccccc1)c1ccccc1. The van der Waals surface area contributed by atoms with Crippen LogP contribution in [0.3, 0.4) is 0 Å². The molecule has 0 aliphatic rings. The Morgan fingerprint density at radius 1 is 0.250 bits per heavy atom. The van der Waals surface area contributed by atoms with Crippen LogP contribution in [-0.2, 0) is 25.2 Å². The van der Waals surface area contributed by atoms with Crippen molar-refractivity contribution < 1.29 is 0 Å². The van der Waals surface area contributed by atoms with Gasteiger partial charge in [0.15, 0.2) is 0 Å². The van der Waals surface area contributed by atoms with Crippen molar-refractivity contribution in [3.05, 3.63) is 216 Å². The summed E-state index contributed by atoms with van der Waals surface area (Å²) in [5.74, 6) is 0. The molecular weight excluding hydrogens is 807 g/mol. The van der Waals surface area contributed by atoms with Gasteiger partial charge in [-0.25, -0.2) is 0 Å². The molecule has 7 aromatic carbocycles. The first-order valence-electron chi connectivity index (χ1n) is 24.9. The Labute approximate surface area is 389 Å². The van der Waals surface area contributed by atoms with Crippen LogP contribution in [0.4, 0.5) is 0 Å². The highest BCUT2D eigenvalue weighted by molar-refractivity contribution is 7.95. The minimum atomic E-state index is -2.12. The smallest absolute Gasteiger partial charge is 0.0654 e. The van der Waals surface area contributed by atoms with Crippen molar-refractivity contribution in [3.8, 4) is 0 Å². The molecule has 0 bridgehead atoms. The van der Waals surface area contributed by atoms with Crippen LogP contribution >= 0.6 is 14.5 Å². The molecule has 7 aromatic rings. The lowest BCUT2D eigenvalue weighted by Gasteiger charge is -2.31. The Bertz CT molecular complexity index is 1980. The minimum absolute atomic E-state index is 1.03. The summed E-state index contributed by atoms with van der Waals surface area (Å²) in [7, 11) is -4.24. The lowest BCUT2D eigenvalue weighted by atomic mass is 9.93. The van der Waals surface area contributed by atoms with E-state index in [1.165, 1.54) is 122 Å². The third-order valence-electron chi connectivity index (χ3n) is 13.6. The maximum atomic E-state index is 2.77. The summed E-state index contributed by atoms with van der Waals surface area (Å²) in [5, 5.41) is 8.80. The maximum Gasteiger partial charge on any atom is 0.116 e. The minimum Gasteiger partial charge on any atom is -0.0654 e. The fourth-order valence-corrected chi connectivity index (χ4v) is 18.7. The van der Waals surface area contributed by atoms with E-state index in [9.17, 15) is 0 Å². The van der Waals surface area contributed by atoms with Gasteiger partial charge >= 0.3 is 0 Å². The zero-order chi connectivity index (χ0) is 44.1. The molecule has 0 heterocycles. The van der Waals surface area contributed by atoms with Crippen LogP contribution < -0.4 is 31.8 Å². The zero-order valence-corrected chi connectivity index (χ0v) is 40.9. The first-order valence-corrected chi connectivity index (χ1v) is 28.9. The topological polar surface area (TPSA) is 0 Å². The van der Waals surface area contributed by atoms with E-state index in [4.69, 9.17) is 0 Å². The van der Waals surface area contributed by atoms with Gasteiger partial charge in [0.2, 0.25) is 0 Å². The summed E-state index contributed by atoms with van der Waals surface area (Å²) in [6.45, 7) is 4.65. The monoisotopic (exact) mass is 881 g/mol. The van der Waals surface area contributed by atoms with Gasteiger partial charge in [-0.15, -0.1) is 0 Å².